The van der Waals surface area contributed by atoms with Crippen LogP contribution in [0.2, 0.25) is 0 Å². The van der Waals surface area contributed by atoms with Crippen LogP contribution >= 0.6 is 8.11 Å². The Bertz CT molecular complexity index is 617. The normalized spacial score (nSPS) is 15.3. The summed E-state index contributed by atoms with van der Waals surface area (Å²) in [7, 11) is 3.03. The number of rotatable bonds is 15. The molecule has 0 aliphatic heterocycles. The van der Waals surface area contributed by atoms with Crippen LogP contribution in [-0.2, 0) is 16.1 Å². The van der Waals surface area contributed by atoms with Gasteiger partial charge in [0.05, 0.1) is 25.1 Å². The number of Topliss-reactive ketones (excluding diaryl/α,β-unsaturated/α-hetero) is 1. The molecule has 0 bridgehead atoms. The summed E-state index contributed by atoms with van der Waals surface area (Å²) < 4.78 is 18.6. The summed E-state index contributed by atoms with van der Waals surface area (Å²) in [5, 5.41) is 0. The smallest absolute Gasteiger partial charge is 0.156 e. The van der Waals surface area contributed by atoms with Gasteiger partial charge in [-0.1, -0.05) is 44.2 Å². The van der Waals surface area contributed by atoms with Crippen molar-refractivity contribution >= 4 is 27.3 Å². The molecule has 1 aromatic carbocycles. The first-order chi connectivity index (χ1) is 13.8. The van der Waals surface area contributed by atoms with Crippen LogP contribution in [0.5, 0.6) is 0 Å². The van der Waals surface area contributed by atoms with E-state index >= 15 is 0 Å². The maximum absolute atomic E-state index is 12.7. The van der Waals surface area contributed by atoms with Crippen LogP contribution in [0.3, 0.4) is 0 Å². The van der Waals surface area contributed by atoms with Crippen LogP contribution in [0.1, 0.15) is 45.1 Å². The van der Waals surface area contributed by atoms with Gasteiger partial charge in [0, 0.05) is 27.2 Å². The number of ether oxygens (including phenoxy) is 1. The van der Waals surface area contributed by atoms with Gasteiger partial charge in [-0.3, -0.25) is 9.79 Å². The Kier molecular flexibility index (Phi) is 13.0. The van der Waals surface area contributed by atoms with E-state index in [4.69, 9.17) is 23.8 Å². The molecule has 5 nitrogen and oxygen atoms in total. The van der Waals surface area contributed by atoms with Crippen LogP contribution in [0.4, 0.5) is 4.20 Å². The highest BCUT2D eigenvalue weighted by Crippen LogP contribution is 2.29. The van der Waals surface area contributed by atoms with Gasteiger partial charge in [-0.25, -0.2) is 4.20 Å². The fourth-order valence-corrected chi connectivity index (χ4v) is 3.54. The van der Waals surface area contributed by atoms with Crippen LogP contribution < -0.4 is 11.5 Å². The lowest BCUT2D eigenvalue weighted by Crippen LogP contribution is -2.33. The number of benzene rings is 1. The molecule has 3 atom stereocenters. The van der Waals surface area contributed by atoms with E-state index in [1.54, 1.807) is 0 Å². The number of hydrogen-bond acceptors (Lipinski definition) is 4. The molecule has 160 valence electrons. The molecule has 0 aromatic heterocycles. The molecule has 1 aromatic rings. The van der Waals surface area contributed by atoms with E-state index in [1.807, 2.05) is 30.3 Å². The highest BCUT2D eigenvalue weighted by Gasteiger charge is 2.20. The maximum atomic E-state index is 12.7. The topological polar surface area (TPSA) is 90.7 Å². The van der Waals surface area contributed by atoms with Gasteiger partial charge in [0.25, 0.3) is 0 Å². The van der Waals surface area contributed by atoms with E-state index in [9.17, 15) is 8.99 Å². The number of amidine groups is 1. The Morgan fingerprint density at radius 1 is 1.31 bits per heavy atom. The van der Waals surface area contributed by atoms with Crippen molar-refractivity contribution in [1.82, 2.24) is 0 Å². The molecule has 0 saturated heterocycles. The first-order valence-corrected chi connectivity index (χ1v) is 11.6. The zero-order chi connectivity index (χ0) is 21.6. The molecule has 0 aliphatic carbocycles. The minimum atomic E-state index is -2.07. The van der Waals surface area contributed by atoms with Gasteiger partial charge in [0.15, 0.2) is 7.57 Å². The molecule has 0 heterocycles. The predicted octanol–water partition coefficient (Wildman–Crippen LogP) is 3.74. The quantitative estimate of drug-likeness (QED) is 0.148. The zero-order valence-electron chi connectivity index (χ0n) is 17.6. The van der Waals surface area contributed by atoms with E-state index in [0.29, 0.717) is 44.9 Å². The standard InChI is InChI=1S/C21H34BFN3O2P/c1-16(2)11-18(14-28-13-17-7-4-3-5-8-17)12-20(27)19(24)9-6-10-26-21(25)15-29(22)23/h3-5,7-8,16,18-19H,6,9-15,24H2,1-2H3,(H2,25,26)/t18-,19-,29?/m1/s1. The van der Waals surface area contributed by atoms with Crippen LogP contribution in [0.15, 0.2) is 35.3 Å². The molecule has 0 amide bonds. The molecule has 4 N–H and O–H groups in total. The van der Waals surface area contributed by atoms with Crippen LogP contribution in [0, 0.1) is 11.8 Å². The molecule has 0 aliphatic rings. The predicted molar refractivity (Wildman–Crippen MR) is 121 cm³/mol. The fourth-order valence-electron chi connectivity index (χ4n) is 3.13. The van der Waals surface area contributed by atoms with Gasteiger partial charge < -0.3 is 16.2 Å². The molecule has 1 unspecified atom stereocenters. The molecular formula is C21H34BFN3O2P. The van der Waals surface area contributed by atoms with Gasteiger partial charge in [-0.05, 0) is 36.7 Å². The highest BCUT2D eigenvalue weighted by molar-refractivity contribution is 7.78. The monoisotopic (exact) mass is 421 g/mol. The zero-order valence-corrected chi connectivity index (χ0v) is 18.5. The summed E-state index contributed by atoms with van der Waals surface area (Å²) in [5.74, 6) is 0.892. The molecule has 0 fully saturated rings. The Balaban J connectivity index is 2.39. The van der Waals surface area contributed by atoms with Gasteiger partial charge in [0.1, 0.15) is 5.78 Å². The second kappa shape index (κ2) is 14.7. The van der Waals surface area contributed by atoms with E-state index in [2.05, 4.69) is 18.8 Å². The van der Waals surface area contributed by atoms with Crippen molar-refractivity contribution in [2.75, 3.05) is 19.3 Å². The lowest BCUT2D eigenvalue weighted by molar-refractivity contribution is -0.122. The maximum Gasteiger partial charge on any atom is 0.156 e. The summed E-state index contributed by atoms with van der Waals surface area (Å²) in [6.07, 6.45) is 2.47. The van der Waals surface area contributed by atoms with Gasteiger partial charge in [-0.2, -0.15) is 0 Å². The fraction of sp³-hybridized carbons (Fsp3) is 0.619. The molecule has 29 heavy (non-hydrogen) atoms. The number of halogens is 1. The van der Waals surface area contributed by atoms with Crippen molar-refractivity contribution in [3.63, 3.8) is 0 Å². The second-order valence-electron chi connectivity index (χ2n) is 7.85. The lowest BCUT2D eigenvalue weighted by atomic mass is 9.90. The number of carbonyl (C=O) groups is 1. The lowest BCUT2D eigenvalue weighted by Gasteiger charge is -2.20. The summed E-state index contributed by atoms with van der Waals surface area (Å²) in [4.78, 5) is 16.6. The summed E-state index contributed by atoms with van der Waals surface area (Å²) in [6.45, 7) is 5.78. The minimum Gasteiger partial charge on any atom is -0.387 e. The van der Waals surface area contributed by atoms with E-state index < -0.39 is 14.2 Å². The number of aliphatic imine (C=N–C) groups is 1. The van der Waals surface area contributed by atoms with Gasteiger partial charge in [0.2, 0.25) is 0 Å². The SMILES string of the molecule is [B]P(F)CC(N)=NCCC[C@@H](N)C(=O)C[C@H](COCc1ccccc1)CC(C)C. The van der Waals surface area contributed by atoms with Crippen molar-refractivity contribution in [1.29, 1.82) is 0 Å². The van der Waals surface area contributed by atoms with Crippen molar-refractivity contribution in [3.8, 4) is 0 Å². The number of nitrogens with zero attached hydrogens (tertiary/aromatic N) is 1. The summed E-state index contributed by atoms with van der Waals surface area (Å²) >= 11 is 0. The van der Waals surface area contributed by atoms with Crippen molar-refractivity contribution in [2.45, 2.75) is 52.2 Å². The third-order valence-corrected chi connectivity index (χ3v) is 5.10. The van der Waals surface area contributed by atoms with E-state index in [1.165, 1.54) is 0 Å². The first kappa shape index (κ1) is 25.7. The van der Waals surface area contributed by atoms with Gasteiger partial charge in [-0.15, -0.1) is 0 Å². The van der Waals surface area contributed by atoms with Crippen molar-refractivity contribution in [3.05, 3.63) is 35.9 Å². The average Bonchev–Trinajstić information content (AvgIpc) is 2.64. The van der Waals surface area contributed by atoms with Crippen LogP contribution in [-0.4, -0.2) is 44.5 Å². The molecular weight excluding hydrogens is 387 g/mol. The Labute approximate surface area is 177 Å². The minimum absolute atomic E-state index is 0.0137. The van der Waals surface area contributed by atoms with Crippen molar-refractivity contribution < 1.29 is 13.7 Å². The molecule has 2 radical (unpaired) electrons. The number of ketones is 1. The van der Waals surface area contributed by atoms with E-state index in [0.717, 1.165) is 12.0 Å². The number of carbonyl (C=O) groups excluding carboxylic acids is 1. The van der Waals surface area contributed by atoms with Crippen molar-refractivity contribution in [2.24, 2.45) is 28.3 Å². The summed E-state index contributed by atoms with van der Waals surface area (Å²) in [5.41, 5.74) is 12.8. The highest BCUT2D eigenvalue weighted by atomic mass is 31.2. The van der Waals surface area contributed by atoms with Gasteiger partial charge >= 0.3 is 0 Å². The summed E-state index contributed by atoms with van der Waals surface area (Å²) in [6, 6.07) is 9.46. The largest absolute Gasteiger partial charge is 0.387 e. The Morgan fingerprint density at radius 2 is 2.00 bits per heavy atom. The first-order valence-electron chi connectivity index (χ1n) is 10.1. The van der Waals surface area contributed by atoms with E-state index in [-0.39, 0.29) is 23.7 Å². The molecule has 8 heteroatoms. The number of hydrogen-bond donors (Lipinski definition) is 2. The number of nitrogens with two attached hydrogens (primary N) is 2. The molecule has 0 saturated carbocycles. The Morgan fingerprint density at radius 3 is 2.62 bits per heavy atom. The average molecular weight is 421 g/mol. The third-order valence-electron chi connectivity index (χ3n) is 4.47. The second-order valence-corrected chi connectivity index (χ2v) is 8.96. The molecule has 0 spiro atoms. The van der Waals surface area contributed by atoms with Crippen LogP contribution in [0.25, 0.3) is 0 Å². The molecule has 1 rings (SSSR count). The third kappa shape index (κ3) is 12.8. The Hall–Kier alpha value is -1.30.